The van der Waals surface area contributed by atoms with Crippen LogP contribution in [0.25, 0.3) is 11.0 Å². The van der Waals surface area contributed by atoms with Crippen molar-refractivity contribution in [3.8, 4) is 0 Å². The van der Waals surface area contributed by atoms with Gasteiger partial charge in [0.05, 0.1) is 11.4 Å². The number of hydrogen-bond acceptors (Lipinski definition) is 4. The van der Waals surface area contributed by atoms with Crippen molar-refractivity contribution in [3.05, 3.63) is 80.7 Å². The molecule has 174 valence electrons. The van der Waals surface area contributed by atoms with Crippen LogP contribution in [0.1, 0.15) is 72.5 Å². The number of benzene rings is 2. The molecule has 1 N–H and O–H groups in total. The highest BCUT2D eigenvalue weighted by atomic mass is 16.3. The van der Waals surface area contributed by atoms with Gasteiger partial charge in [0.1, 0.15) is 5.58 Å². The van der Waals surface area contributed by atoms with Crippen molar-refractivity contribution >= 4 is 16.9 Å². The van der Waals surface area contributed by atoms with Gasteiger partial charge in [-0.15, -0.1) is 0 Å². The summed E-state index contributed by atoms with van der Waals surface area (Å²) in [5.41, 5.74) is 4.71. The van der Waals surface area contributed by atoms with E-state index in [-0.39, 0.29) is 28.6 Å². The van der Waals surface area contributed by atoms with E-state index in [1.54, 1.807) is 6.07 Å². The summed E-state index contributed by atoms with van der Waals surface area (Å²) in [4.78, 5) is 28.1. The topological polar surface area (TPSA) is 62.6 Å². The third-order valence-electron chi connectivity index (χ3n) is 6.58. The Balaban J connectivity index is 1.57. The first-order valence-electron chi connectivity index (χ1n) is 11.8. The minimum atomic E-state index is -0.357. The van der Waals surface area contributed by atoms with Crippen molar-refractivity contribution in [2.24, 2.45) is 0 Å². The summed E-state index contributed by atoms with van der Waals surface area (Å²) in [7, 11) is 0. The third-order valence-corrected chi connectivity index (χ3v) is 6.58. The van der Waals surface area contributed by atoms with Crippen LogP contribution in [0, 0.1) is 13.8 Å². The van der Waals surface area contributed by atoms with Gasteiger partial charge in [-0.3, -0.25) is 14.5 Å². The first kappa shape index (κ1) is 23.2. The van der Waals surface area contributed by atoms with Crippen LogP contribution in [0.15, 0.2) is 51.7 Å². The molecule has 2 heterocycles. The highest BCUT2D eigenvalue weighted by Gasteiger charge is 2.25. The molecule has 4 rings (SSSR count). The van der Waals surface area contributed by atoms with E-state index in [1.807, 2.05) is 19.9 Å². The van der Waals surface area contributed by atoms with E-state index in [9.17, 15) is 9.59 Å². The highest BCUT2D eigenvalue weighted by molar-refractivity contribution is 5.93. The maximum Gasteiger partial charge on any atom is 0.287 e. The zero-order valence-corrected chi connectivity index (χ0v) is 20.3. The normalized spacial score (nSPS) is 15.7. The molecule has 0 unspecified atom stereocenters. The Labute approximate surface area is 195 Å². The van der Waals surface area contributed by atoms with Gasteiger partial charge >= 0.3 is 0 Å². The fourth-order valence-electron chi connectivity index (χ4n) is 4.71. The molecule has 1 amide bonds. The fraction of sp³-hybridized carbons (Fsp3) is 0.429. The Morgan fingerprint density at radius 1 is 1.06 bits per heavy atom. The van der Waals surface area contributed by atoms with Crippen LogP contribution in [0.2, 0.25) is 0 Å². The minimum absolute atomic E-state index is 0.0581. The summed E-state index contributed by atoms with van der Waals surface area (Å²) < 4.78 is 5.88. The number of nitrogens with one attached hydrogen (secondary N) is 1. The minimum Gasteiger partial charge on any atom is -0.450 e. The van der Waals surface area contributed by atoms with Crippen LogP contribution in [0.3, 0.4) is 0 Å². The summed E-state index contributed by atoms with van der Waals surface area (Å²) in [5.74, 6) is -0.299. The van der Waals surface area contributed by atoms with E-state index in [0.717, 1.165) is 24.2 Å². The molecule has 0 aliphatic carbocycles. The number of fused-ring (bicyclic) bond motifs is 1. The molecule has 5 nitrogen and oxygen atoms in total. The molecule has 3 aromatic rings. The number of carbonyl (C=O) groups excluding carboxylic acids is 1. The molecule has 0 saturated carbocycles. The van der Waals surface area contributed by atoms with E-state index in [4.69, 9.17) is 4.42 Å². The summed E-state index contributed by atoms with van der Waals surface area (Å²) in [6, 6.07) is 13.9. The molecular formula is C28H34N2O3. The predicted octanol–water partition coefficient (Wildman–Crippen LogP) is 5.27. The molecule has 1 saturated heterocycles. The van der Waals surface area contributed by atoms with Gasteiger partial charge < -0.3 is 9.73 Å². The maximum absolute atomic E-state index is 13.0. The van der Waals surface area contributed by atoms with Crippen LogP contribution in [0.5, 0.6) is 0 Å². The van der Waals surface area contributed by atoms with Gasteiger partial charge in [0.15, 0.2) is 11.2 Å². The molecule has 0 spiro atoms. The molecule has 1 aromatic heterocycles. The Morgan fingerprint density at radius 2 is 1.73 bits per heavy atom. The van der Waals surface area contributed by atoms with Crippen molar-refractivity contribution in [2.45, 2.75) is 58.9 Å². The van der Waals surface area contributed by atoms with Crippen molar-refractivity contribution < 1.29 is 9.21 Å². The summed E-state index contributed by atoms with van der Waals surface area (Å²) in [5, 5.41) is 3.54. The summed E-state index contributed by atoms with van der Waals surface area (Å²) in [6.45, 7) is 13.0. The van der Waals surface area contributed by atoms with E-state index in [2.05, 4.69) is 55.3 Å². The Kier molecular flexibility index (Phi) is 6.44. The first-order chi connectivity index (χ1) is 15.6. The molecule has 1 fully saturated rings. The van der Waals surface area contributed by atoms with Crippen LogP contribution in [-0.2, 0) is 5.41 Å². The summed E-state index contributed by atoms with van der Waals surface area (Å²) in [6.07, 6.45) is 2.34. The average Bonchev–Trinajstić information content (AvgIpc) is 3.28. The molecule has 1 aliphatic rings. The number of rotatable bonds is 5. The first-order valence-corrected chi connectivity index (χ1v) is 11.8. The quantitative estimate of drug-likeness (QED) is 0.580. The molecule has 5 heteroatoms. The van der Waals surface area contributed by atoms with Crippen molar-refractivity contribution in [1.29, 1.82) is 0 Å². The largest absolute Gasteiger partial charge is 0.450 e. The van der Waals surface area contributed by atoms with E-state index in [0.29, 0.717) is 17.5 Å². The van der Waals surface area contributed by atoms with E-state index >= 15 is 0 Å². The van der Waals surface area contributed by atoms with Gasteiger partial charge in [-0.1, -0.05) is 51.1 Å². The second kappa shape index (κ2) is 9.14. The van der Waals surface area contributed by atoms with Gasteiger partial charge in [0, 0.05) is 12.6 Å². The number of nitrogens with zero attached hydrogens (tertiary/aromatic N) is 1. The third kappa shape index (κ3) is 5.03. The van der Waals surface area contributed by atoms with Crippen LogP contribution < -0.4 is 10.7 Å². The van der Waals surface area contributed by atoms with Crippen LogP contribution >= 0.6 is 0 Å². The smallest absolute Gasteiger partial charge is 0.287 e. The maximum atomic E-state index is 13.0. The molecule has 0 bridgehead atoms. The average molecular weight is 447 g/mol. The number of hydrogen-bond donors (Lipinski definition) is 1. The Bertz CT molecular complexity index is 1210. The molecular weight excluding hydrogens is 412 g/mol. The molecule has 2 aromatic carbocycles. The van der Waals surface area contributed by atoms with Gasteiger partial charge in [-0.05, 0) is 73.5 Å². The van der Waals surface area contributed by atoms with E-state index in [1.165, 1.54) is 30.0 Å². The number of aryl methyl sites for hydroxylation is 2. The molecule has 1 atom stereocenters. The van der Waals surface area contributed by atoms with Gasteiger partial charge in [0.25, 0.3) is 5.91 Å². The standard InChI is InChI=1S/C28H34N2O3/c1-18-14-19(2)26-22(15-18)24(31)16-25(33-26)27(32)29-17-23(30-12-6-7-13-30)20-8-10-21(11-9-20)28(3,4)5/h8-11,14-16,23H,6-7,12-13,17H2,1-5H3,(H,29,32)/t23-/m1/s1. The Morgan fingerprint density at radius 3 is 2.36 bits per heavy atom. The van der Waals surface area contributed by atoms with Crippen LogP contribution in [0.4, 0.5) is 0 Å². The zero-order valence-electron chi connectivity index (χ0n) is 20.3. The zero-order chi connectivity index (χ0) is 23.8. The van der Waals surface area contributed by atoms with E-state index < -0.39 is 0 Å². The van der Waals surface area contributed by atoms with Crippen molar-refractivity contribution in [1.82, 2.24) is 10.2 Å². The number of amides is 1. The van der Waals surface area contributed by atoms with Crippen molar-refractivity contribution in [3.63, 3.8) is 0 Å². The fourth-order valence-corrected chi connectivity index (χ4v) is 4.71. The second-order valence-electron chi connectivity index (χ2n) is 10.3. The molecule has 33 heavy (non-hydrogen) atoms. The van der Waals surface area contributed by atoms with Crippen LogP contribution in [-0.4, -0.2) is 30.4 Å². The lowest BCUT2D eigenvalue weighted by Gasteiger charge is -2.29. The number of carbonyl (C=O) groups is 1. The lowest BCUT2D eigenvalue weighted by Crippen LogP contribution is -2.37. The monoisotopic (exact) mass is 446 g/mol. The predicted molar refractivity (Wildman–Crippen MR) is 133 cm³/mol. The molecule has 0 radical (unpaired) electrons. The number of likely N-dealkylation sites (tertiary alicyclic amines) is 1. The SMILES string of the molecule is Cc1cc(C)c2oc(C(=O)NC[C@H](c3ccc(C(C)(C)C)cc3)N3CCCC3)cc(=O)c2c1. The highest BCUT2D eigenvalue weighted by Crippen LogP contribution is 2.28. The second-order valence-corrected chi connectivity index (χ2v) is 10.3. The van der Waals surface area contributed by atoms with Gasteiger partial charge in [0.2, 0.25) is 0 Å². The lowest BCUT2D eigenvalue weighted by atomic mass is 9.86. The van der Waals surface area contributed by atoms with Gasteiger partial charge in [-0.25, -0.2) is 0 Å². The lowest BCUT2D eigenvalue weighted by molar-refractivity contribution is 0.0910. The Hall–Kier alpha value is -2.92. The molecule has 1 aliphatic heterocycles. The summed E-state index contributed by atoms with van der Waals surface area (Å²) >= 11 is 0. The van der Waals surface area contributed by atoms with Crippen molar-refractivity contribution in [2.75, 3.05) is 19.6 Å². The van der Waals surface area contributed by atoms with Gasteiger partial charge in [-0.2, -0.15) is 0 Å².